The van der Waals surface area contributed by atoms with E-state index in [2.05, 4.69) is 56.5 Å². The van der Waals surface area contributed by atoms with Gasteiger partial charge >= 0.3 is 0 Å². The molecule has 8 nitrogen and oxygen atoms in total. The summed E-state index contributed by atoms with van der Waals surface area (Å²) in [6, 6.07) is 18.1. The summed E-state index contributed by atoms with van der Waals surface area (Å²) in [6.45, 7) is 6.83. The fourth-order valence-corrected chi connectivity index (χ4v) is 4.59. The Balaban J connectivity index is 1.64. The van der Waals surface area contributed by atoms with Gasteiger partial charge in [-0.25, -0.2) is 10.1 Å². The molecule has 3 heterocycles. The van der Waals surface area contributed by atoms with E-state index < -0.39 is 0 Å². The van der Waals surface area contributed by atoms with Gasteiger partial charge < -0.3 is 9.77 Å². The lowest BCUT2D eigenvalue weighted by Gasteiger charge is -2.15. The van der Waals surface area contributed by atoms with Crippen LogP contribution in [0.15, 0.2) is 67.0 Å². The summed E-state index contributed by atoms with van der Waals surface area (Å²) in [5.74, 6) is 1.67. The van der Waals surface area contributed by atoms with E-state index in [1.807, 2.05) is 50.2 Å². The molecule has 5 rings (SSSR count). The molecular weight excluding hydrogens is 450 g/mol. The van der Waals surface area contributed by atoms with Gasteiger partial charge in [-0.05, 0) is 59.5 Å². The first-order chi connectivity index (χ1) is 17.5. The Kier molecular flexibility index (Phi) is 6.58. The summed E-state index contributed by atoms with van der Waals surface area (Å²) in [6.07, 6.45) is 6.90. The number of pyridine rings is 1. The molecule has 0 unspecified atom stereocenters. The fraction of sp³-hybridized carbons (Fsp3) is 0.250. The zero-order valence-corrected chi connectivity index (χ0v) is 20.8. The zero-order valence-electron chi connectivity index (χ0n) is 20.8. The van der Waals surface area contributed by atoms with Crippen LogP contribution in [0.1, 0.15) is 42.4 Å². The lowest BCUT2D eigenvalue weighted by atomic mass is 9.91. The third kappa shape index (κ3) is 4.75. The SMILES string of the molecule is CCCCc1nc(C)cn1Cc1ccc(-c2ccccc2-c2nnn[nH]2)c(-c2ccc(C)c[n+]2[O-])c1. The second-order valence-corrected chi connectivity index (χ2v) is 9.12. The molecule has 0 atom stereocenters. The maximum Gasteiger partial charge on any atom is 0.224 e. The van der Waals surface area contributed by atoms with Gasteiger partial charge in [0.25, 0.3) is 0 Å². The van der Waals surface area contributed by atoms with Gasteiger partial charge in [-0.2, -0.15) is 4.73 Å². The molecule has 0 saturated heterocycles. The maximum atomic E-state index is 13.0. The molecule has 0 fully saturated rings. The second-order valence-electron chi connectivity index (χ2n) is 9.12. The van der Waals surface area contributed by atoms with Crippen molar-refractivity contribution in [3.8, 4) is 33.8 Å². The van der Waals surface area contributed by atoms with Crippen LogP contribution in [0.25, 0.3) is 33.8 Å². The minimum atomic E-state index is 0.578. The van der Waals surface area contributed by atoms with E-state index in [-0.39, 0.29) is 0 Å². The van der Waals surface area contributed by atoms with Crippen LogP contribution in [0, 0.1) is 19.1 Å². The van der Waals surface area contributed by atoms with E-state index in [0.717, 1.165) is 68.9 Å². The van der Waals surface area contributed by atoms with Crippen molar-refractivity contribution in [2.24, 2.45) is 0 Å². The Bertz CT molecular complexity index is 1490. The summed E-state index contributed by atoms with van der Waals surface area (Å²) >= 11 is 0. The molecule has 0 bridgehead atoms. The van der Waals surface area contributed by atoms with Crippen molar-refractivity contribution in [3.63, 3.8) is 0 Å². The van der Waals surface area contributed by atoms with Gasteiger partial charge in [0.1, 0.15) is 5.82 Å². The fourth-order valence-electron chi connectivity index (χ4n) is 4.59. The van der Waals surface area contributed by atoms with E-state index in [4.69, 9.17) is 4.98 Å². The topological polar surface area (TPSA) is 99.2 Å². The van der Waals surface area contributed by atoms with Crippen molar-refractivity contribution >= 4 is 0 Å². The number of nitrogens with one attached hydrogen (secondary N) is 1. The monoisotopic (exact) mass is 479 g/mol. The number of tetrazole rings is 1. The number of aromatic amines is 1. The van der Waals surface area contributed by atoms with Crippen molar-refractivity contribution in [1.29, 1.82) is 0 Å². The van der Waals surface area contributed by atoms with Gasteiger partial charge in [-0.1, -0.05) is 49.7 Å². The average molecular weight is 480 g/mol. The molecule has 5 aromatic rings. The molecule has 3 aromatic heterocycles. The van der Waals surface area contributed by atoms with Gasteiger partial charge in [-0.3, -0.25) is 0 Å². The summed E-state index contributed by atoms with van der Waals surface area (Å²) in [5.41, 5.74) is 7.23. The zero-order chi connectivity index (χ0) is 25.1. The molecular formula is C28H29N7O. The number of nitrogens with zero attached hydrogens (tertiary/aromatic N) is 6. The summed E-state index contributed by atoms with van der Waals surface area (Å²) in [5, 5.41) is 27.5. The second kappa shape index (κ2) is 10.1. The Labute approximate surface area is 210 Å². The third-order valence-corrected chi connectivity index (χ3v) is 6.33. The highest BCUT2D eigenvalue weighted by Gasteiger charge is 2.20. The number of imidazole rings is 1. The number of unbranched alkanes of at least 4 members (excludes halogenated alkanes) is 1. The van der Waals surface area contributed by atoms with Crippen molar-refractivity contribution in [1.82, 2.24) is 30.2 Å². The largest absolute Gasteiger partial charge is 0.618 e. The van der Waals surface area contributed by atoms with Crippen LogP contribution in [0.4, 0.5) is 0 Å². The number of hydrogen-bond acceptors (Lipinski definition) is 5. The molecule has 0 radical (unpaired) electrons. The molecule has 182 valence electrons. The number of hydrogen-bond donors (Lipinski definition) is 1. The van der Waals surface area contributed by atoms with E-state index >= 15 is 0 Å². The smallest absolute Gasteiger partial charge is 0.224 e. The van der Waals surface area contributed by atoms with Crippen LogP contribution in [-0.2, 0) is 13.0 Å². The number of rotatable bonds is 8. The van der Waals surface area contributed by atoms with Gasteiger partial charge in [0.15, 0.2) is 12.0 Å². The first-order valence-electron chi connectivity index (χ1n) is 12.2. The number of aryl methyl sites for hydroxylation is 3. The first kappa shape index (κ1) is 23.4. The number of benzene rings is 2. The van der Waals surface area contributed by atoms with Crippen LogP contribution in [0.2, 0.25) is 0 Å². The molecule has 0 aliphatic heterocycles. The number of aromatic nitrogens is 7. The molecule has 0 spiro atoms. The summed E-state index contributed by atoms with van der Waals surface area (Å²) in [4.78, 5) is 4.74. The Morgan fingerprint density at radius 1 is 0.972 bits per heavy atom. The Morgan fingerprint density at radius 3 is 2.53 bits per heavy atom. The lowest BCUT2D eigenvalue weighted by Crippen LogP contribution is -2.29. The van der Waals surface area contributed by atoms with Gasteiger partial charge in [0.2, 0.25) is 5.69 Å². The molecule has 1 N–H and O–H groups in total. The van der Waals surface area contributed by atoms with E-state index in [9.17, 15) is 5.21 Å². The number of H-pyrrole nitrogens is 1. The molecule has 8 heteroatoms. The van der Waals surface area contributed by atoms with Crippen molar-refractivity contribution < 1.29 is 4.73 Å². The summed E-state index contributed by atoms with van der Waals surface area (Å²) in [7, 11) is 0. The Morgan fingerprint density at radius 2 is 1.78 bits per heavy atom. The van der Waals surface area contributed by atoms with E-state index in [1.165, 1.54) is 0 Å². The predicted octanol–water partition coefficient (Wildman–Crippen LogP) is 5.04. The first-order valence-corrected chi connectivity index (χ1v) is 12.2. The van der Waals surface area contributed by atoms with Crippen molar-refractivity contribution in [2.75, 3.05) is 0 Å². The normalized spacial score (nSPS) is 11.2. The van der Waals surface area contributed by atoms with Crippen molar-refractivity contribution in [2.45, 2.75) is 46.6 Å². The average Bonchev–Trinajstić information content (AvgIpc) is 3.53. The van der Waals surface area contributed by atoms with Gasteiger partial charge in [0, 0.05) is 36.4 Å². The van der Waals surface area contributed by atoms with Crippen LogP contribution < -0.4 is 4.73 Å². The predicted molar refractivity (Wildman–Crippen MR) is 139 cm³/mol. The van der Waals surface area contributed by atoms with Crippen LogP contribution in [0.3, 0.4) is 0 Å². The molecule has 0 amide bonds. The maximum absolute atomic E-state index is 13.0. The quantitative estimate of drug-likeness (QED) is 0.248. The van der Waals surface area contributed by atoms with Gasteiger partial charge in [0.05, 0.1) is 11.3 Å². The highest BCUT2D eigenvalue weighted by molar-refractivity contribution is 5.89. The standard InChI is InChI=1S/C28H29N7O/c1-4-5-10-27-29-20(3)17-34(27)18-21-12-13-23(25(15-21)26-14-11-19(2)16-35(26)36)22-8-6-7-9-24(22)28-30-32-33-31-28/h6-9,11-17H,4-5,10,18H2,1-3H3,(H,30,31,32,33). The molecule has 2 aromatic carbocycles. The molecule has 0 saturated carbocycles. The Hall–Kier alpha value is -4.33. The highest BCUT2D eigenvalue weighted by atomic mass is 16.5. The minimum absolute atomic E-state index is 0.578. The van der Waals surface area contributed by atoms with Crippen LogP contribution in [-0.4, -0.2) is 30.2 Å². The van der Waals surface area contributed by atoms with Crippen LogP contribution >= 0.6 is 0 Å². The van der Waals surface area contributed by atoms with E-state index in [1.54, 1.807) is 6.20 Å². The molecule has 0 aliphatic carbocycles. The molecule has 36 heavy (non-hydrogen) atoms. The van der Waals surface area contributed by atoms with Crippen molar-refractivity contribution in [3.05, 3.63) is 94.8 Å². The van der Waals surface area contributed by atoms with Crippen LogP contribution in [0.5, 0.6) is 0 Å². The van der Waals surface area contributed by atoms with E-state index in [0.29, 0.717) is 18.1 Å². The third-order valence-electron chi connectivity index (χ3n) is 6.33. The highest BCUT2D eigenvalue weighted by Crippen LogP contribution is 2.37. The summed E-state index contributed by atoms with van der Waals surface area (Å²) < 4.78 is 3.17. The van der Waals surface area contributed by atoms with Gasteiger partial charge in [-0.15, -0.1) is 5.10 Å². The molecule has 0 aliphatic rings. The minimum Gasteiger partial charge on any atom is -0.618 e. The lowest BCUT2D eigenvalue weighted by molar-refractivity contribution is -0.594.